The topological polar surface area (TPSA) is 58.7 Å². The molecule has 0 aliphatic carbocycles. The van der Waals surface area contributed by atoms with E-state index < -0.39 is 0 Å². The first-order chi connectivity index (χ1) is 9.34. The van der Waals surface area contributed by atoms with E-state index in [1.165, 1.54) is 5.01 Å². The highest BCUT2D eigenvalue weighted by molar-refractivity contribution is 6.17. The van der Waals surface area contributed by atoms with Gasteiger partial charge in [0.05, 0.1) is 17.3 Å². The summed E-state index contributed by atoms with van der Waals surface area (Å²) in [4.78, 5) is 12.6. The van der Waals surface area contributed by atoms with Gasteiger partial charge in [0, 0.05) is 5.41 Å². The molecule has 0 spiro atoms. The van der Waals surface area contributed by atoms with Crippen LogP contribution in [0.4, 0.5) is 5.69 Å². The molecule has 4 nitrogen and oxygen atoms in total. The average molecular weight is 273 g/mol. The van der Waals surface area contributed by atoms with Crippen LogP contribution < -0.4 is 10.7 Å². The lowest BCUT2D eigenvalue weighted by molar-refractivity contribution is -0.119. The molecule has 1 aromatic rings. The summed E-state index contributed by atoms with van der Waals surface area (Å²) in [6.07, 6.45) is 0.650. The number of hydrazone groups is 1. The molecule has 108 valence electrons. The molecule has 1 atom stereocenters. The van der Waals surface area contributed by atoms with Gasteiger partial charge in [0.1, 0.15) is 0 Å². The van der Waals surface area contributed by atoms with Crippen molar-refractivity contribution in [3.05, 3.63) is 29.8 Å². The number of nitrogens with zero attached hydrogens (tertiary/aromatic N) is 2. The number of anilines is 1. The van der Waals surface area contributed by atoms with Crippen LogP contribution in [0, 0.1) is 18.3 Å². The van der Waals surface area contributed by atoms with Gasteiger partial charge in [-0.3, -0.25) is 4.79 Å². The van der Waals surface area contributed by atoms with Crippen molar-refractivity contribution in [2.75, 3.05) is 11.6 Å². The van der Waals surface area contributed by atoms with Gasteiger partial charge in [-0.05, 0) is 37.6 Å². The summed E-state index contributed by atoms with van der Waals surface area (Å²) in [5.41, 5.74) is 8.40. The summed E-state index contributed by atoms with van der Waals surface area (Å²) in [5.74, 6) is -0.161. The van der Waals surface area contributed by atoms with Crippen molar-refractivity contribution in [3.8, 4) is 0 Å². The first-order valence-electron chi connectivity index (χ1n) is 7.04. The molecule has 2 rings (SSSR count). The summed E-state index contributed by atoms with van der Waals surface area (Å²) in [5, 5.41) is 6.13. The van der Waals surface area contributed by atoms with Gasteiger partial charge in [-0.15, -0.1) is 0 Å². The molecule has 1 amide bonds. The molecule has 0 bridgehead atoms. The van der Waals surface area contributed by atoms with E-state index in [1.807, 2.05) is 31.2 Å². The minimum absolute atomic E-state index is 0.0333. The predicted molar refractivity (Wildman–Crippen MR) is 82.7 cm³/mol. The fourth-order valence-corrected chi connectivity index (χ4v) is 2.54. The van der Waals surface area contributed by atoms with Crippen LogP contribution in [0.3, 0.4) is 0 Å². The van der Waals surface area contributed by atoms with E-state index >= 15 is 0 Å². The first-order valence-corrected chi connectivity index (χ1v) is 7.04. The molecule has 2 N–H and O–H groups in total. The van der Waals surface area contributed by atoms with Gasteiger partial charge < -0.3 is 5.73 Å². The molecule has 0 saturated heterocycles. The van der Waals surface area contributed by atoms with E-state index in [0.29, 0.717) is 13.0 Å². The van der Waals surface area contributed by atoms with Crippen molar-refractivity contribution in [3.63, 3.8) is 0 Å². The summed E-state index contributed by atoms with van der Waals surface area (Å²) >= 11 is 0. The molecular formula is C16H23N3O. The lowest BCUT2D eigenvalue weighted by atomic mass is 9.81. The third-order valence-corrected chi connectivity index (χ3v) is 3.51. The maximum atomic E-state index is 12.6. The lowest BCUT2D eigenvalue weighted by Crippen LogP contribution is -2.33. The van der Waals surface area contributed by atoms with Gasteiger partial charge in [0.2, 0.25) is 0 Å². The number of amides is 1. The predicted octanol–water partition coefficient (Wildman–Crippen LogP) is 2.71. The molecule has 0 radical (unpaired) electrons. The number of nitrogens with two attached hydrogens (primary N) is 1. The second-order valence-corrected chi connectivity index (χ2v) is 6.35. The normalized spacial score (nSPS) is 19.4. The van der Waals surface area contributed by atoms with Crippen molar-refractivity contribution in [2.24, 2.45) is 22.2 Å². The maximum Gasteiger partial charge on any atom is 0.256 e. The van der Waals surface area contributed by atoms with Crippen LogP contribution in [0.5, 0.6) is 0 Å². The zero-order chi connectivity index (χ0) is 14.9. The maximum absolute atomic E-state index is 12.6. The summed E-state index contributed by atoms with van der Waals surface area (Å²) in [6.45, 7) is 8.76. The average Bonchev–Trinajstić information content (AvgIpc) is 2.68. The van der Waals surface area contributed by atoms with Gasteiger partial charge in [-0.1, -0.05) is 32.9 Å². The Hall–Kier alpha value is -1.68. The highest BCUT2D eigenvalue weighted by Crippen LogP contribution is 2.33. The summed E-state index contributed by atoms with van der Waals surface area (Å²) in [6, 6.07) is 7.85. The third-order valence-electron chi connectivity index (χ3n) is 3.51. The Labute approximate surface area is 120 Å². The number of hydrogen-bond donors (Lipinski definition) is 1. The summed E-state index contributed by atoms with van der Waals surface area (Å²) in [7, 11) is 0. The Bertz CT molecular complexity index is 543. The van der Waals surface area contributed by atoms with Crippen LogP contribution in [0.15, 0.2) is 29.4 Å². The second kappa shape index (κ2) is 5.37. The number of hydrogen-bond acceptors (Lipinski definition) is 3. The minimum Gasteiger partial charge on any atom is -0.330 e. The van der Waals surface area contributed by atoms with E-state index in [2.05, 4.69) is 25.9 Å². The van der Waals surface area contributed by atoms with Crippen molar-refractivity contribution in [2.45, 2.75) is 34.1 Å². The number of rotatable bonds is 3. The molecule has 20 heavy (non-hydrogen) atoms. The van der Waals surface area contributed by atoms with E-state index in [4.69, 9.17) is 5.73 Å². The van der Waals surface area contributed by atoms with Crippen molar-refractivity contribution < 1.29 is 4.79 Å². The van der Waals surface area contributed by atoms with Crippen LogP contribution in [-0.4, -0.2) is 18.2 Å². The Balaban J connectivity index is 2.41. The van der Waals surface area contributed by atoms with Crippen molar-refractivity contribution in [1.29, 1.82) is 0 Å². The second-order valence-electron chi connectivity index (χ2n) is 6.35. The van der Waals surface area contributed by atoms with Gasteiger partial charge in [0.25, 0.3) is 5.91 Å². The third kappa shape index (κ3) is 2.75. The standard InChI is InChI=1S/C16H23N3O/c1-11-6-5-7-12(10-11)19-15(20)13(8-9-17)14(18-19)16(2,3)4/h5-7,10,13H,8-9,17H2,1-4H3. The Morgan fingerprint density at radius 1 is 1.35 bits per heavy atom. The van der Waals surface area contributed by atoms with Crippen molar-refractivity contribution in [1.82, 2.24) is 0 Å². The highest BCUT2D eigenvalue weighted by atomic mass is 16.2. The number of carbonyl (C=O) groups excluding carboxylic acids is 1. The van der Waals surface area contributed by atoms with Crippen LogP contribution >= 0.6 is 0 Å². The van der Waals surface area contributed by atoms with Crippen LogP contribution in [0.2, 0.25) is 0 Å². The highest BCUT2D eigenvalue weighted by Gasteiger charge is 2.41. The molecule has 0 saturated carbocycles. The molecule has 1 heterocycles. The number of carbonyl (C=O) groups is 1. The van der Waals surface area contributed by atoms with Gasteiger partial charge in [0.15, 0.2) is 0 Å². The molecule has 1 unspecified atom stereocenters. The molecule has 4 heteroatoms. The molecule has 0 fully saturated rings. The number of aryl methyl sites for hydroxylation is 1. The SMILES string of the molecule is Cc1cccc(N2N=C(C(C)(C)C)C(CCN)C2=O)c1. The van der Waals surface area contributed by atoms with Crippen molar-refractivity contribution >= 4 is 17.3 Å². The van der Waals surface area contributed by atoms with Gasteiger partial charge in [-0.2, -0.15) is 5.10 Å². The molecule has 0 aromatic heterocycles. The van der Waals surface area contributed by atoms with Gasteiger partial charge in [-0.25, -0.2) is 5.01 Å². The molecule has 1 aliphatic heterocycles. The first kappa shape index (κ1) is 14.7. The molecule has 1 aromatic carbocycles. The van der Waals surface area contributed by atoms with Crippen LogP contribution in [0.1, 0.15) is 32.8 Å². The summed E-state index contributed by atoms with van der Waals surface area (Å²) < 4.78 is 0. The van der Waals surface area contributed by atoms with E-state index in [9.17, 15) is 4.79 Å². The van der Waals surface area contributed by atoms with E-state index in [-0.39, 0.29) is 17.2 Å². The fourth-order valence-electron chi connectivity index (χ4n) is 2.54. The molecular weight excluding hydrogens is 250 g/mol. The van der Waals surface area contributed by atoms with E-state index in [1.54, 1.807) is 0 Å². The Morgan fingerprint density at radius 2 is 2.05 bits per heavy atom. The van der Waals surface area contributed by atoms with Gasteiger partial charge >= 0.3 is 0 Å². The largest absolute Gasteiger partial charge is 0.330 e. The zero-order valence-corrected chi connectivity index (χ0v) is 12.7. The zero-order valence-electron chi connectivity index (χ0n) is 12.7. The monoisotopic (exact) mass is 273 g/mol. The van der Waals surface area contributed by atoms with Crippen LogP contribution in [-0.2, 0) is 4.79 Å². The van der Waals surface area contributed by atoms with Crippen LogP contribution in [0.25, 0.3) is 0 Å². The minimum atomic E-state index is -0.194. The van der Waals surface area contributed by atoms with E-state index in [0.717, 1.165) is 17.0 Å². The number of benzene rings is 1. The molecule has 1 aliphatic rings. The Morgan fingerprint density at radius 3 is 2.60 bits per heavy atom. The lowest BCUT2D eigenvalue weighted by Gasteiger charge is -2.21. The Kier molecular flexibility index (Phi) is 3.95. The quantitative estimate of drug-likeness (QED) is 0.920. The smallest absolute Gasteiger partial charge is 0.256 e. The fraction of sp³-hybridized carbons (Fsp3) is 0.500.